The van der Waals surface area contributed by atoms with Gasteiger partial charge in [-0.05, 0) is 18.2 Å². The highest BCUT2D eigenvalue weighted by atomic mass is 32.2. The number of carboxylic acids is 1. The molecule has 0 atom stereocenters. The molecular formula is C12H7F2NO2S. The average molecular weight is 267 g/mol. The van der Waals surface area contributed by atoms with Crippen molar-refractivity contribution in [1.82, 2.24) is 4.98 Å². The van der Waals surface area contributed by atoms with E-state index in [0.29, 0.717) is 4.90 Å². The fraction of sp³-hybridized carbons (Fsp3) is 0. The summed E-state index contributed by atoms with van der Waals surface area (Å²) >= 11 is 0.915. The van der Waals surface area contributed by atoms with Gasteiger partial charge in [0.15, 0.2) is 0 Å². The van der Waals surface area contributed by atoms with Crippen LogP contribution in [0.5, 0.6) is 0 Å². The second kappa shape index (κ2) is 5.14. The minimum Gasteiger partial charge on any atom is -0.478 e. The quantitative estimate of drug-likeness (QED) is 0.927. The average Bonchev–Trinajstić information content (AvgIpc) is 2.33. The molecule has 18 heavy (non-hydrogen) atoms. The van der Waals surface area contributed by atoms with Gasteiger partial charge in [0.1, 0.15) is 11.6 Å². The molecule has 0 fully saturated rings. The molecule has 0 spiro atoms. The molecule has 1 aromatic carbocycles. The number of pyridine rings is 1. The molecule has 2 rings (SSSR count). The molecule has 1 aromatic heterocycles. The monoisotopic (exact) mass is 267 g/mol. The van der Waals surface area contributed by atoms with Gasteiger partial charge in [-0.3, -0.25) is 4.98 Å². The van der Waals surface area contributed by atoms with Gasteiger partial charge in [-0.2, -0.15) is 0 Å². The lowest BCUT2D eigenvalue weighted by molar-refractivity contribution is 0.0692. The van der Waals surface area contributed by atoms with E-state index in [-0.39, 0.29) is 10.5 Å². The second-order valence-corrected chi connectivity index (χ2v) is 4.44. The molecule has 0 unspecified atom stereocenters. The van der Waals surface area contributed by atoms with E-state index < -0.39 is 17.6 Å². The third kappa shape index (κ3) is 2.65. The summed E-state index contributed by atoms with van der Waals surface area (Å²) in [5.74, 6) is -2.55. The van der Waals surface area contributed by atoms with Gasteiger partial charge in [0, 0.05) is 28.3 Å². The number of aromatic nitrogens is 1. The van der Waals surface area contributed by atoms with E-state index in [0.717, 1.165) is 23.9 Å². The summed E-state index contributed by atoms with van der Waals surface area (Å²) in [5.41, 5.74) is -0.0220. The number of aromatic carboxylic acids is 1. The van der Waals surface area contributed by atoms with Gasteiger partial charge >= 0.3 is 5.97 Å². The number of carbonyl (C=O) groups is 1. The third-order valence-electron chi connectivity index (χ3n) is 2.13. The van der Waals surface area contributed by atoms with Crippen molar-refractivity contribution in [1.29, 1.82) is 0 Å². The summed E-state index contributed by atoms with van der Waals surface area (Å²) in [6.45, 7) is 0. The molecule has 0 amide bonds. The summed E-state index contributed by atoms with van der Waals surface area (Å²) in [7, 11) is 0. The fourth-order valence-corrected chi connectivity index (χ4v) is 2.22. The van der Waals surface area contributed by atoms with Crippen LogP contribution in [0.3, 0.4) is 0 Å². The van der Waals surface area contributed by atoms with E-state index in [9.17, 15) is 13.6 Å². The molecule has 0 aliphatic rings. The number of rotatable bonds is 3. The van der Waals surface area contributed by atoms with Crippen LogP contribution in [0.25, 0.3) is 0 Å². The fourth-order valence-electron chi connectivity index (χ4n) is 1.31. The molecule has 0 bridgehead atoms. The molecular weight excluding hydrogens is 260 g/mol. The zero-order valence-corrected chi connectivity index (χ0v) is 9.75. The standard InChI is InChI=1S/C12H7F2NO2S/c13-7-1-2-11(9(14)5-7)18-10-3-4-15-6-8(10)12(16)17/h1-6H,(H,16,17). The molecule has 2 aromatic rings. The van der Waals surface area contributed by atoms with Crippen LogP contribution in [0.2, 0.25) is 0 Å². The van der Waals surface area contributed by atoms with Crippen molar-refractivity contribution in [3.63, 3.8) is 0 Å². The summed E-state index contributed by atoms with van der Waals surface area (Å²) in [5, 5.41) is 8.95. The van der Waals surface area contributed by atoms with Crippen molar-refractivity contribution in [3.05, 3.63) is 53.9 Å². The molecule has 1 N–H and O–H groups in total. The number of carboxylic acid groups (broad SMARTS) is 1. The molecule has 92 valence electrons. The number of halogens is 2. The van der Waals surface area contributed by atoms with Crippen LogP contribution in [0.1, 0.15) is 10.4 Å². The van der Waals surface area contributed by atoms with E-state index in [1.807, 2.05) is 0 Å². The topological polar surface area (TPSA) is 50.2 Å². The largest absolute Gasteiger partial charge is 0.478 e. The van der Waals surface area contributed by atoms with Crippen molar-refractivity contribution in [2.45, 2.75) is 9.79 Å². The Morgan fingerprint density at radius 2 is 2.00 bits per heavy atom. The maximum atomic E-state index is 13.4. The Bertz CT molecular complexity index is 604. The lowest BCUT2D eigenvalue weighted by Crippen LogP contribution is -1.99. The SMILES string of the molecule is O=C(O)c1cnccc1Sc1ccc(F)cc1F. The predicted octanol–water partition coefficient (Wildman–Crippen LogP) is 3.21. The maximum Gasteiger partial charge on any atom is 0.338 e. The van der Waals surface area contributed by atoms with Crippen molar-refractivity contribution in [2.24, 2.45) is 0 Å². The van der Waals surface area contributed by atoms with Crippen LogP contribution in [-0.4, -0.2) is 16.1 Å². The lowest BCUT2D eigenvalue weighted by Gasteiger charge is -2.05. The summed E-state index contributed by atoms with van der Waals surface area (Å²) in [4.78, 5) is 15.1. The normalized spacial score (nSPS) is 10.3. The lowest BCUT2D eigenvalue weighted by atomic mass is 10.3. The molecule has 0 radical (unpaired) electrons. The first-order valence-corrected chi connectivity index (χ1v) is 5.70. The van der Waals surface area contributed by atoms with Crippen LogP contribution in [-0.2, 0) is 0 Å². The number of hydrogen-bond donors (Lipinski definition) is 1. The highest BCUT2D eigenvalue weighted by molar-refractivity contribution is 7.99. The first-order valence-electron chi connectivity index (χ1n) is 4.88. The molecule has 3 nitrogen and oxygen atoms in total. The van der Waals surface area contributed by atoms with E-state index in [1.54, 1.807) is 0 Å². The van der Waals surface area contributed by atoms with Gasteiger partial charge in [-0.15, -0.1) is 0 Å². The van der Waals surface area contributed by atoms with E-state index >= 15 is 0 Å². The van der Waals surface area contributed by atoms with Gasteiger partial charge < -0.3 is 5.11 Å². The highest BCUT2D eigenvalue weighted by Gasteiger charge is 2.13. The summed E-state index contributed by atoms with van der Waals surface area (Å²) < 4.78 is 26.2. The Hall–Kier alpha value is -1.95. The predicted molar refractivity (Wildman–Crippen MR) is 61.7 cm³/mol. The first-order chi connectivity index (χ1) is 8.58. The first kappa shape index (κ1) is 12.5. The molecule has 0 saturated carbocycles. The zero-order chi connectivity index (χ0) is 13.1. The number of nitrogens with zero attached hydrogens (tertiary/aromatic N) is 1. The Morgan fingerprint density at radius 3 is 2.67 bits per heavy atom. The van der Waals surface area contributed by atoms with Crippen molar-refractivity contribution < 1.29 is 18.7 Å². The Balaban J connectivity index is 2.37. The van der Waals surface area contributed by atoms with Crippen LogP contribution < -0.4 is 0 Å². The highest BCUT2D eigenvalue weighted by Crippen LogP contribution is 2.32. The van der Waals surface area contributed by atoms with Gasteiger partial charge in [0.25, 0.3) is 0 Å². The summed E-state index contributed by atoms with van der Waals surface area (Å²) in [6, 6.07) is 4.61. The minimum atomic E-state index is -1.15. The molecule has 0 aliphatic carbocycles. The third-order valence-corrected chi connectivity index (χ3v) is 3.25. The van der Waals surface area contributed by atoms with Gasteiger partial charge in [-0.25, -0.2) is 13.6 Å². The van der Waals surface area contributed by atoms with Gasteiger partial charge in [0.2, 0.25) is 0 Å². The summed E-state index contributed by atoms with van der Waals surface area (Å²) in [6.07, 6.45) is 2.60. The number of benzene rings is 1. The Morgan fingerprint density at radius 1 is 1.22 bits per heavy atom. The van der Waals surface area contributed by atoms with Crippen LogP contribution in [0, 0.1) is 11.6 Å². The van der Waals surface area contributed by atoms with Crippen molar-refractivity contribution in [3.8, 4) is 0 Å². The maximum absolute atomic E-state index is 13.4. The van der Waals surface area contributed by atoms with Crippen LogP contribution >= 0.6 is 11.8 Å². The van der Waals surface area contributed by atoms with Crippen molar-refractivity contribution >= 4 is 17.7 Å². The smallest absolute Gasteiger partial charge is 0.338 e. The van der Waals surface area contributed by atoms with Gasteiger partial charge in [0.05, 0.1) is 5.56 Å². The van der Waals surface area contributed by atoms with Crippen molar-refractivity contribution in [2.75, 3.05) is 0 Å². The second-order valence-electron chi connectivity index (χ2n) is 3.35. The molecule has 0 aliphatic heterocycles. The van der Waals surface area contributed by atoms with Crippen LogP contribution in [0.15, 0.2) is 46.5 Å². The number of hydrogen-bond acceptors (Lipinski definition) is 3. The Kier molecular flexibility index (Phi) is 3.57. The van der Waals surface area contributed by atoms with E-state index in [2.05, 4.69) is 4.98 Å². The zero-order valence-electron chi connectivity index (χ0n) is 8.93. The molecule has 6 heteroatoms. The van der Waals surface area contributed by atoms with E-state index in [1.165, 1.54) is 24.5 Å². The van der Waals surface area contributed by atoms with E-state index in [4.69, 9.17) is 5.11 Å². The van der Waals surface area contributed by atoms with Crippen LogP contribution in [0.4, 0.5) is 8.78 Å². The van der Waals surface area contributed by atoms with Gasteiger partial charge in [-0.1, -0.05) is 11.8 Å². The molecule has 1 heterocycles. The minimum absolute atomic E-state index is 0.0220. The molecule has 0 saturated heterocycles. The Labute approximate surface area is 105 Å².